The Kier molecular flexibility index (Phi) is 4.17. The molecule has 1 fully saturated rings. The second-order valence-corrected chi connectivity index (χ2v) is 6.43. The maximum Gasteiger partial charge on any atom is 0.145 e. The molecular formula is C18H16ClN3O3. The standard InChI is InChI=1S/C18H16ClN3O3/c19-16-4-1-13(8-21-16)22-17-15-3-2-14(7-12(15)5-6-20-17)25-11-18(23)9-24-10-18/h1-8,23H,9-11H2,(H,20,22). The fourth-order valence-electron chi connectivity index (χ4n) is 2.57. The Labute approximate surface area is 149 Å². The summed E-state index contributed by atoms with van der Waals surface area (Å²) in [7, 11) is 0. The topological polar surface area (TPSA) is 76.5 Å². The first-order chi connectivity index (χ1) is 12.1. The normalized spacial score (nSPS) is 15.6. The van der Waals surface area contributed by atoms with Gasteiger partial charge in [0.25, 0.3) is 0 Å². The lowest BCUT2D eigenvalue weighted by Crippen LogP contribution is -2.53. The van der Waals surface area contributed by atoms with Crippen LogP contribution >= 0.6 is 11.6 Å². The van der Waals surface area contributed by atoms with Crippen molar-refractivity contribution in [3.63, 3.8) is 0 Å². The summed E-state index contributed by atoms with van der Waals surface area (Å²) in [5.41, 5.74) is -0.0708. The van der Waals surface area contributed by atoms with Gasteiger partial charge in [-0.2, -0.15) is 0 Å². The van der Waals surface area contributed by atoms with Crippen LogP contribution in [0.15, 0.2) is 48.8 Å². The summed E-state index contributed by atoms with van der Waals surface area (Å²) in [5, 5.41) is 15.6. The third-order valence-corrected chi connectivity index (χ3v) is 4.20. The molecule has 4 rings (SSSR count). The van der Waals surface area contributed by atoms with Crippen molar-refractivity contribution in [2.24, 2.45) is 0 Å². The second-order valence-electron chi connectivity index (χ2n) is 6.04. The minimum Gasteiger partial charge on any atom is -0.490 e. The summed E-state index contributed by atoms with van der Waals surface area (Å²) in [6.45, 7) is 0.840. The second kappa shape index (κ2) is 6.48. The SMILES string of the molecule is OC1(COc2ccc3c(Nc4ccc(Cl)nc4)nccc3c2)COC1. The van der Waals surface area contributed by atoms with Crippen molar-refractivity contribution in [3.05, 3.63) is 53.9 Å². The molecule has 1 aliphatic heterocycles. The van der Waals surface area contributed by atoms with Crippen LogP contribution in [0.2, 0.25) is 5.15 Å². The van der Waals surface area contributed by atoms with Crippen molar-refractivity contribution in [1.82, 2.24) is 9.97 Å². The molecule has 3 aromatic rings. The van der Waals surface area contributed by atoms with Gasteiger partial charge >= 0.3 is 0 Å². The van der Waals surface area contributed by atoms with E-state index in [1.54, 1.807) is 18.5 Å². The Morgan fingerprint density at radius 2 is 2.08 bits per heavy atom. The molecule has 0 unspecified atom stereocenters. The van der Waals surface area contributed by atoms with Crippen molar-refractivity contribution < 1.29 is 14.6 Å². The Balaban J connectivity index is 1.55. The number of hydrogen-bond donors (Lipinski definition) is 2. The highest BCUT2D eigenvalue weighted by atomic mass is 35.5. The van der Waals surface area contributed by atoms with Gasteiger partial charge in [-0.1, -0.05) is 11.6 Å². The van der Waals surface area contributed by atoms with Crippen molar-refractivity contribution in [1.29, 1.82) is 0 Å². The number of anilines is 2. The molecule has 0 bridgehead atoms. The summed E-state index contributed by atoms with van der Waals surface area (Å²) in [6.07, 6.45) is 3.38. The van der Waals surface area contributed by atoms with E-state index in [0.717, 1.165) is 22.3 Å². The van der Waals surface area contributed by atoms with Crippen LogP contribution in [0.4, 0.5) is 11.5 Å². The quantitative estimate of drug-likeness (QED) is 0.683. The molecule has 0 atom stereocenters. The average Bonchev–Trinajstić information content (AvgIpc) is 2.60. The smallest absolute Gasteiger partial charge is 0.145 e. The Hall–Kier alpha value is -2.41. The zero-order valence-corrected chi connectivity index (χ0v) is 14.0. The summed E-state index contributed by atoms with van der Waals surface area (Å²) < 4.78 is 10.7. The Morgan fingerprint density at radius 3 is 2.80 bits per heavy atom. The predicted molar refractivity (Wildman–Crippen MR) is 95.5 cm³/mol. The first kappa shape index (κ1) is 16.1. The van der Waals surface area contributed by atoms with Crippen LogP contribution < -0.4 is 10.1 Å². The van der Waals surface area contributed by atoms with E-state index in [4.69, 9.17) is 21.1 Å². The summed E-state index contributed by atoms with van der Waals surface area (Å²) >= 11 is 5.81. The number of hydrogen-bond acceptors (Lipinski definition) is 6. The van der Waals surface area contributed by atoms with E-state index in [0.29, 0.717) is 24.1 Å². The van der Waals surface area contributed by atoms with Crippen LogP contribution in [0, 0.1) is 0 Å². The highest BCUT2D eigenvalue weighted by Crippen LogP contribution is 2.28. The van der Waals surface area contributed by atoms with Crippen LogP contribution in [0.1, 0.15) is 0 Å². The molecule has 1 aliphatic rings. The number of benzene rings is 1. The van der Waals surface area contributed by atoms with Gasteiger partial charge in [-0.05, 0) is 41.8 Å². The van der Waals surface area contributed by atoms with E-state index in [1.165, 1.54) is 0 Å². The van der Waals surface area contributed by atoms with Crippen LogP contribution in [-0.2, 0) is 4.74 Å². The molecule has 1 aromatic carbocycles. The van der Waals surface area contributed by atoms with Crippen LogP contribution in [0.3, 0.4) is 0 Å². The fourth-order valence-corrected chi connectivity index (χ4v) is 2.68. The van der Waals surface area contributed by atoms with Gasteiger partial charge in [0.1, 0.15) is 28.9 Å². The van der Waals surface area contributed by atoms with Crippen molar-refractivity contribution >= 4 is 33.9 Å². The third-order valence-electron chi connectivity index (χ3n) is 3.97. The molecule has 1 saturated heterocycles. The monoisotopic (exact) mass is 357 g/mol. The minimum atomic E-state index is -0.874. The first-order valence-electron chi connectivity index (χ1n) is 7.82. The van der Waals surface area contributed by atoms with E-state index in [1.807, 2.05) is 30.3 Å². The van der Waals surface area contributed by atoms with E-state index in [2.05, 4.69) is 15.3 Å². The van der Waals surface area contributed by atoms with E-state index in [9.17, 15) is 5.11 Å². The van der Waals surface area contributed by atoms with Crippen molar-refractivity contribution in [3.8, 4) is 5.75 Å². The predicted octanol–water partition coefficient (Wildman–Crippen LogP) is 3.17. The van der Waals surface area contributed by atoms with E-state index < -0.39 is 5.60 Å². The highest BCUT2D eigenvalue weighted by molar-refractivity contribution is 6.29. The van der Waals surface area contributed by atoms with Crippen LogP contribution in [-0.4, -0.2) is 40.5 Å². The Bertz CT molecular complexity index is 898. The number of nitrogens with zero attached hydrogens (tertiary/aromatic N) is 2. The molecular weight excluding hydrogens is 342 g/mol. The summed E-state index contributed by atoms with van der Waals surface area (Å²) in [6, 6.07) is 11.2. The molecule has 25 heavy (non-hydrogen) atoms. The molecule has 2 N–H and O–H groups in total. The molecule has 0 spiro atoms. The number of nitrogens with one attached hydrogen (secondary N) is 1. The molecule has 0 saturated carbocycles. The lowest BCUT2D eigenvalue weighted by atomic mass is 10.0. The lowest BCUT2D eigenvalue weighted by Gasteiger charge is -2.35. The van der Waals surface area contributed by atoms with E-state index >= 15 is 0 Å². The van der Waals surface area contributed by atoms with Gasteiger partial charge in [0, 0.05) is 11.6 Å². The molecule has 0 radical (unpaired) electrons. The lowest BCUT2D eigenvalue weighted by molar-refractivity contribution is -0.192. The number of halogens is 1. The first-order valence-corrected chi connectivity index (χ1v) is 8.19. The van der Waals surface area contributed by atoms with Crippen molar-refractivity contribution in [2.75, 3.05) is 25.1 Å². The number of aliphatic hydroxyl groups is 1. The average molecular weight is 358 g/mol. The molecule has 0 amide bonds. The van der Waals surface area contributed by atoms with Gasteiger partial charge in [0.2, 0.25) is 0 Å². The maximum atomic E-state index is 10.0. The van der Waals surface area contributed by atoms with Crippen LogP contribution in [0.5, 0.6) is 5.75 Å². The van der Waals surface area contributed by atoms with Gasteiger partial charge in [0.05, 0.1) is 25.1 Å². The molecule has 128 valence electrons. The molecule has 6 nitrogen and oxygen atoms in total. The zero-order valence-electron chi connectivity index (χ0n) is 13.3. The summed E-state index contributed by atoms with van der Waals surface area (Å²) in [5.74, 6) is 1.41. The number of ether oxygens (including phenoxy) is 2. The third kappa shape index (κ3) is 3.51. The molecule has 3 heterocycles. The molecule has 7 heteroatoms. The zero-order chi connectivity index (χ0) is 17.3. The van der Waals surface area contributed by atoms with Gasteiger partial charge < -0.3 is 19.9 Å². The van der Waals surface area contributed by atoms with Crippen molar-refractivity contribution in [2.45, 2.75) is 5.60 Å². The van der Waals surface area contributed by atoms with E-state index in [-0.39, 0.29) is 6.61 Å². The minimum absolute atomic E-state index is 0.213. The highest BCUT2D eigenvalue weighted by Gasteiger charge is 2.37. The summed E-state index contributed by atoms with van der Waals surface area (Å²) in [4.78, 5) is 8.44. The van der Waals surface area contributed by atoms with Gasteiger partial charge in [0.15, 0.2) is 0 Å². The van der Waals surface area contributed by atoms with Gasteiger partial charge in [-0.25, -0.2) is 9.97 Å². The number of rotatable bonds is 5. The number of pyridine rings is 2. The largest absolute Gasteiger partial charge is 0.490 e. The number of fused-ring (bicyclic) bond motifs is 1. The van der Waals surface area contributed by atoms with Crippen LogP contribution in [0.25, 0.3) is 10.8 Å². The van der Waals surface area contributed by atoms with Gasteiger partial charge in [-0.3, -0.25) is 0 Å². The number of aromatic nitrogens is 2. The van der Waals surface area contributed by atoms with Gasteiger partial charge in [-0.15, -0.1) is 0 Å². The maximum absolute atomic E-state index is 10.0. The molecule has 0 aliphatic carbocycles. The fraction of sp³-hybridized carbons (Fsp3) is 0.222. The molecule has 2 aromatic heterocycles. The Morgan fingerprint density at radius 1 is 1.20 bits per heavy atom.